The molecule has 0 saturated carbocycles. The summed E-state index contributed by atoms with van der Waals surface area (Å²) >= 11 is 0. The van der Waals surface area contributed by atoms with Crippen LogP contribution in [0.25, 0.3) is 5.70 Å². The van der Waals surface area contributed by atoms with Crippen LogP contribution < -0.4 is 5.73 Å². The van der Waals surface area contributed by atoms with Crippen LogP contribution in [-0.4, -0.2) is 0 Å². The van der Waals surface area contributed by atoms with Gasteiger partial charge in [0.25, 0.3) is 0 Å². The van der Waals surface area contributed by atoms with Gasteiger partial charge in [-0.2, -0.15) is 0 Å². The fourth-order valence-electron chi connectivity index (χ4n) is 1.61. The van der Waals surface area contributed by atoms with Crippen molar-refractivity contribution in [3.63, 3.8) is 0 Å². The van der Waals surface area contributed by atoms with Gasteiger partial charge in [-0.3, -0.25) is 0 Å². The van der Waals surface area contributed by atoms with Crippen LogP contribution in [0.4, 0.5) is 0 Å². The van der Waals surface area contributed by atoms with E-state index >= 15 is 0 Å². The van der Waals surface area contributed by atoms with E-state index in [1.165, 1.54) is 11.1 Å². The topological polar surface area (TPSA) is 26.0 Å². The van der Waals surface area contributed by atoms with E-state index < -0.39 is 0 Å². The molecule has 0 spiro atoms. The zero-order chi connectivity index (χ0) is 10.0. The van der Waals surface area contributed by atoms with E-state index in [1.54, 1.807) is 0 Å². The normalized spacial score (nSPS) is 10.5. The standard InChI is InChI=1S/C12H17N/c1-8(2)11-7-5-6-9(3)12(11)10(4)13/h5-8H,4,13H2,1-3H3. The summed E-state index contributed by atoms with van der Waals surface area (Å²) in [5.41, 5.74) is 10.0. The lowest BCUT2D eigenvalue weighted by Gasteiger charge is -2.14. The first kappa shape index (κ1) is 9.85. The van der Waals surface area contributed by atoms with Crippen molar-refractivity contribution < 1.29 is 0 Å². The molecular weight excluding hydrogens is 158 g/mol. The zero-order valence-corrected chi connectivity index (χ0v) is 8.59. The first-order valence-electron chi connectivity index (χ1n) is 4.58. The number of hydrogen-bond donors (Lipinski definition) is 1. The molecule has 0 aromatic heterocycles. The van der Waals surface area contributed by atoms with Gasteiger partial charge < -0.3 is 5.73 Å². The largest absolute Gasteiger partial charge is 0.399 e. The molecule has 0 radical (unpaired) electrons. The maximum atomic E-state index is 5.76. The lowest BCUT2D eigenvalue weighted by molar-refractivity contribution is 0.860. The molecule has 1 rings (SSSR count). The highest BCUT2D eigenvalue weighted by molar-refractivity contribution is 5.67. The van der Waals surface area contributed by atoms with Crippen LogP contribution in [0.2, 0.25) is 0 Å². The predicted molar refractivity (Wildman–Crippen MR) is 58.5 cm³/mol. The predicted octanol–water partition coefficient (Wildman–Crippen LogP) is 3.05. The van der Waals surface area contributed by atoms with Gasteiger partial charge in [-0.25, -0.2) is 0 Å². The monoisotopic (exact) mass is 175 g/mol. The number of aryl methyl sites for hydroxylation is 1. The van der Waals surface area contributed by atoms with Crippen LogP contribution in [0.3, 0.4) is 0 Å². The van der Waals surface area contributed by atoms with E-state index in [-0.39, 0.29) is 0 Å². The summed E-state index contributed by atoms with van der Waals surface area (Å²) in [4.78, 5) is 0. The second kappa shape index (κ2) is 3.65. The molecule has 0 amide bonds. The van der Waals surface area contributed by atoms with Gasteiger partial charge in [0.05, 0.1) is 0 Å². The highest BCUT2D eigenvalue weighted by Gasteiger charge is 2.09. The molecule has 0 aliphatic carbocycles. The van der Waals surface area contributed by atoms with Crippen LogP contribution in [0, 0.1) is 6.92 Å². The maximum Gasteiger partial charge on any atom is 0.0320 e. The fraction of sp³-hybridized carbons (Fsp3) is 0.333. The Kier molecular flexibility index (Phi) is 2.76. The molecule has 0 unspecified atom stereocenters. The summed E-state index contributed by atoms with van der Waals surface area (Å²) in [6.07, 6.45) is 0. The van der Waals surface area contributed by atoms with Gasteiger partial charge in [-0.1, -0.05) is 38.6 Å². The quantitative estimate of drug-likeness (QED) is 0.734. The second-order valence-electron chi connectivity index (χ2n) is 3.72. The first-order valence-corrected chi connectivity index (χ1v) is 4.58. The van der Waals surface area contributed by atoms with E-state index in [0.29, 0.717) is 11.6 Å². The molecule has 2 N–H and O–H groups in total. The Balaban J connectivity index is 3.34. The smallest absolute Gasteiger partial charge is 0.0320 e. The van der Waals surface area contributed by atoms with Crippen LogP contribution in [0.1, 0.15) is 36.5 Å². The number of hydrogen-bond acceptors (Lipinski definition) is 1. The Morgan fingerprint density at radius 1 is 1.38 bits per heavy atom. The van der Waals surface area contributed by atoms with Gasteiger partial charge >= 0.3 is 0 Å². The van der Waals surface area contributed by atoms with Crippen molar-refractivity contribution in [2.75, 3.05) is 0 Å². The van der Waals surface area contributed by atoms with E-state index in [1.807, 2.05) is 0 Å². The third-order valence-electron chi connectivity index (χ3n) is 2.25. The summed E-state index contributed by atoms with van der Waals surface area (Å²) in [7, 11) is 0. The fourth-order valence-corrected chi connectivity index (χ4v) is 1.61. The second-order valence-corrected chi connectivity index (χ2v) is 3.72. The Hall–Kier alpha value is -1.24. The molecule has 1 aromatic rings. The van der Waals surface area contributed by atoms with Crippen molar-refractivity contribution in [1.29, 1.82) is 0 Å². The molecule has 0 bridgehead atoms. The molecule has 13 heavy (non-hydrogen) atoms. The third-order valence-corrected chi connectivity index (χ3v) is 2.25. The van der Waals surface area contributed by atoms with Crippen LogP contribution in [0.15, 0.2) is 24.8 Å². The maximum absolute atomic E-state index is 5.76. The zero-order valence-electron chi connectivity index (χ0n) is 8.59. The molecule has 1 heteroatoms. The molecule has 0 atom stereocenters. The van der Waals surface area contributed by atoms with Crippen LogP contribution >= 0.6 is 0 Å². The molecule has 1 aromatic carbocycles. The summed E-state index contributed by atoms with van der Waals surface area (Å²) in [5, 5.41) is 0. The van der Waals surface area contributed by atoms with Gasteiger partial charge in [-0.05, 0) is 24.0 Å². The van der Waals surface area contributed by atoms with Gasteiger partial charge in [0.1, 0.15) is 0 Å². The minimum absolute atomic E-state index is 0.496. The molecular formula is C12H17N. The summed E-state index contributed by atoms with van der Waals surface area (Å²) in [6.45, 7) is 10.2. The molecule has 0 aliphatic rings. The highest BCUT2D eigenvalue weighted by Crippen LogP contribution is 2.25. The van der Waals surface area contributed by atoms with E-state index in [9.17, 15) is 0 Å². The number of benzene rings is 1. The number of rotatable bonds is 2. The van der Waals surface area contributed by atoms with Crippen molar-refractivity contribution in [3.8, 4) is 0 Å². The third kappa shape index (κ3) is 1.92. The Morgan fingerprint density at radius 2 is 2.00 bits per heavy atom. The average Bonchev–Trinajstić information content (AvgIpc) is 2.02. The van der Waals surface area contributed by atoms with Gasteiger partial charge in [-0.15, -0.1) is 0 Å². The summed E-state index contributed by atoms with van der Waals surface area (Å²) in [6, 6.07) is 6.25. The van der Waals surface area contributed by atoms with Gasteiger partial charge in [0, 0.05) is 11.3 Å². The lowest BCUT2D eigenvalue weighted by atomic mass is 9.92. The molecule has 0 heterocycles. The SMILES string of the molecule is C=C(N)c1c(C)cccc1C(C)C. The number of nitrogens with two attached hydrogens (primary N) is 1. The van der Waals surface area contributed by atoms with Crippen molar-refractivity contribution >= 4 is 5.70 Å². The molecule has 0 fully saturated rings. The summed E-state index contributed by atoms with van der Waals surface area (Å²) < 4.78 is 0. The van der Waals surface area contributed by atoms with Gasteiger partial charge in [0.2, 0.25) is 0 Å². The molecule has 1 nitrogen and oxygen atoms in total. The van der Waals surface area contributed by atoms with E-state index in [0.717, 1.165) is 5.56 Å². The van der Waals surface area contributed by atoms with Crippen molar-refractivity contribution in [2.45, 2.75) is 26.7 Å². The van der Waals surface area contributed by atoms with Crippen LogP contribution in [-0.2, 0) is 0 Å². The summed E-state index contributed by atoms with van der Waals surface area (Å²) in [5.74, 6) is 0.496. The van der Waals surface area contributed by atoms with Crippen LogP contribution in [0.5, 0.6) is 0 Å². The Labute approximate surface area is 80.3 Å². The average molecular weight is 175 g/mol. The Bertz CT molecular complexity index is 324. The van der Waals surface area contributed by atoms with Gasteiger partial charge in [0.15, 0.2) is 0 Å². The molecule has 0 saturated heterocycles. The van der Waals surface area contributed by atoms with E-state index in [2.05, 4.69) is 45.5 Å². The first-order chi connectivity index (χ1) is 6.04. The van der Waals surface area contributed by atoms with E-state index in [4.69, 9.17) is 5.73 Å². The minimum Gasteiger partial charge on any atom is -0.399 e. The Morgan fingerprint density at radius 3 is 2.38 bits per heavy atom. The van der Waals surface area contributed by atoms with Crippen molar-refractivity contribution in [1.82, 2.24) is 0 Å². The minimum atomic E-state index is 0.496. The molecule has 70 valence electrons. The van der Waals surface area contributed by atoms with Crippen molar-refractivity contribution in [2.24, 2.45) is 5.73 Å². The highest BCUT2D eigenvalue weighted by atomic mass is 14.6. The van der Waals surface area contributed by atoms with Crippen molar-refractivity contribution in [3.05, 3.63) is 41.5 Å². The lowest BCUT2D eigenvalue weighted by Crippen LogP contribution is -2.03. The molecule has 0 aliphatic heterocycles.